The van der Waals surface area contributed by atoms with Crippen molar-refractivity contribution in [2.24, 2.45) is 0 Å². The Morgan fingerprint density at radius 2 is 1.83 bits per heavy atom. The summed E-state index contributed by atoms with van der Waals surface area (Å²) in [5, 5.41) is 6.14. The molecule has 0 bridgehead atoms. The molecule has 1 atom stereocenters. The zero-order chi connectivity index (χ0) is 21.5. The molecule has 0 radical (unpaired) electrons. The molecule has 0 aliphatic heterocycles. The lowest BCUT2D eigenvalue weighted by atomic mass is 10.0. The standard InChI is InChI=1S/C22H26N6OS/c1-14-9-10-17(11-15(14)2)16(3)24-20(29)13-30-12-19-26-21(23)28-22(27-19)25-18-7-5-4-6-8-18/h4-11,16H,12-13H2,1-3H3,(H,24,29)(H3,23,25,26,27,28)/t16-/m0/s1. The van der Waals surface area contributed by atoms with E-state index in [0.29, 0.717) is 23.3 Å². The number of carbonyl (C=O) groups excluding carboxylic acids is 1. The van der Waals surface area contributed by atoms with Crippen LogP contribution in [-0.2, 0) is 10.5 Å². The summed E-state index contributed by atoms with van der Waals surface area (Å²) in [6, 6.07) is 15.8. The summed E-state index contributed by atoms with van der Waals surface area (Å²) in [6.45, 7) is 6.14. The summed E-state index contributed by atoms with van der Waals surface area (Å²) in [7, 11) is 0. The number of nitrogen functional groups attached to an aromatic ring is 1. The van der Waals surface area contributed by atoms with Crippen LogP contribution < -0.4 is 16.4 Å². The van der Waals surface area contributed by atoms with Crippen LogP contribution in [0.1, 0.15) is 35.5 Å². The second-order valence-electron chi connectivity index (χ2n) is 7.05. The van der Waals surface area contributed by atoms with Crippen molar-refractivity contribution >= 4 is 35.3 Å². The fraction of sp³-hybridized carbons (Fsp3) is 0.273. The van der Waals surface area contributed by atoms with Crippen LogP contribution in [0, 0.1) is 13.8 Å². The van der Waals surface area contributed by atoms with Gasteiger partial charge in [0, 0.05) is 5.69 Å². The molecule has 1 aromatic heterocycles. The Labute approximate surface area is 180 Å². The maximum atomic E-state index is 12.3. The van der Waals surface area contributed by atoms with Crippen LogP contribution in [0.4, 0.5) is 17.6 Å². The molecule has 156 valence electrons. The van der Waals surface area contributed by atoms with Gasteiger partial charge in [-0.15, -0.1) is 11.8 Å². The zero-order valence-electron chi connectivity index (χ0n) is 17.3. The number of nitrogens with two attached hydrogens (primary N) is 1. The predicted molar refractivity (Wildman–Crippen MR) is 123 cm³/mol. The minimum absolute atomic E-state index is 0.0320. The van der Waals surface area contributed by atoms with E-state index in [4.69, 9.17) is 5.73 Å². The lowest BCUT2D eigenvalue weighted by Gasteiger charge is -2.15. The Bertz CT molecular complexity index is 1010. The third-order valence-corrected chi connectivity index (χ3v) is 5.53. The maximum Gasteiger partial charge on any atom is 0.232 e. The number of hydrogen-bond donors (Lipinski definition) is 3. The number of para-hydroxylation sites is 1. The van der Waals surface area contributed by atoms with E-state index in [1.54, 1.807) is 0 Å². The number of rotatable bonds is 8. The Morgan fingerprint density at radius 3 is 2.57 bits per heavy atom. The zero-order valence-corrected chi connectivity index (χ0v) is 18.2. The maximum absolute atomic E-state index is 12.3. The van der Waals surface area contributed by atoms with Gasteiger partial charge in [0.1, 0.15) is 5.82 Å². The average Bonchev–Trinajstić information content (AvgIpc) is 2.70. The first-order valence-electron chi connectivity index (χ1n) is 9.67. The van der Waals surface area contributed by atoms with Gasteiger partial charge in [0.25, 0.3) is 0 Å². The average molecular weight is 423 g/mol. The molecule has 8 heteroatoms. The first-order valence-corrected chi connectivity index (χ1v) is 10.8. The minimum atomic E-state index is -0.0492. The van der Waals surface area contributed by atoms with Crippen molar-refractivity contribution < 1.29 is 4.79 Å². The Kier molecular flexibility index (Phi) is 7.24. The third kappa shape index (κ3) is 6.18. The van der Waals surface area contributed by atoms with Crippen molar-refractivity contribution in [2.75, 3.05) is 16.8 Å². The van der Waals surface area contributed by atoms with Crippen molar-refractivity contribution in [3.05, 3.63) is 71.0 Å². The summed E-state index contributed by atoms with van der Waals surface area (Å²) in [5.41, 5.74) is 10.2. The van der Waals surface area contributed by atoms with Crippen LogP contribution >= 0.6 is 11.8 Å². The number of carbonyl (C=O) groups is 1. The summed E-state index contributed by atoms with van der Waals surface area (Å²) < 4.78 is 0. The molecule has 0 spiro atoms. The van der Waals surface area contributed by atoms with Gasteiger partial charge < -0.3 is 16.4 Å². The molecule has 2 aromatic carbocycles. The van der Waals surface area contributed by atoms with Crippen molar-refractivity contribution in [3.63, 3.8) is 0 Å². The molecule has 0 fully saturated rings. The Balaban J connectivity index is 1.51. The second kappa shape index (κ2) is 10.1. The van der Waals surface area contributed by atoms with Crippen molar-refractivity contribution in [2.45, 2.75) is 32.6 Å². The number of anilines is 3. The lowest BCUT2D eigenvalue weighted by molar-refractivity contribution is -0.119. The highest BCUT2D eigenvalue weighted by Crippen LogP contribution is 2.18. The first-order chi connectivity index (χ1) is 14.4. The van der Waals surface area contributed by atoms with E-state index in [0.717, 1.165) is 11.3 Å². The molecular weight excluding hydrogens is 396 g/mol. The predicted octanol–water partition coefficient (Wildman–Crippen LogP) is 3.92. The molecule has 0 saturated heterocycles. The van der Waals surface area contributed by atoms with Gasteiger partial charge in [-0.2, -0.15) is 15.0 Å². The van der Waals surface area contributed by atoms with Crippen LogP contribution in [0.25, 0.3) is 0 Å². The number of thioether (sulfide) groups is 1. The Hall–Kier alpha value is -3.13. The van der Waals surface area contributed by atoms with E-state index in [2.05, 4.69) is 57.6 Å². The molecule has 0 aliphatic carbocycles. The number of hydrogen-bond acceptors (Lipinski definition) is 7. The summed E-state index contributed by atoms with van der Waals surface area (Å²) in [4.78, 5) is 25.0. The molecule has 3 rings (SSSR count). The van der Waals surface area contributed by atoms with Gasteiger partial charge in [0.15, 0.2) is 0 Å². The van der Waals surface area contributed by atoms with Gasteiger partial charge in [0.2, 0.25) is 17.8 Å². The summed E-state index contributed by atoms with van der Waals surface area (Å²) in [6.07, 6.45) is 0. The molecule has 1 amide bonds. The molecule has 30 heavy (non-hydrogen) atoms. The van der Waals surface area contributed by atoms with Gasteiger partial charge in [-0.05, 0) is 49.6 Å². The molecule has 0 aliphatic rings. The molecular formula is C22H26N6OS. The SMILES string of the molecule is Cc1ccc([C@H](C)NC(=O)CSCc2nc(N)nc(Nc3ccccc3)n2)cc1C. The van der Waals surface area contributed by atoms with Gasteiger partial charge in [-0.3, -0.25) is 4.79 Å². The summed E-state index contributed by atoms with van der Waals surface area (Å²) in [5.74, 6) is 1.80. The van der Waals surface area contributed by atoms with E-state index >= 15 is 0 Å². The molecule has 0 unspecified atom stereocenters. The quantitative estimate of drug-likeness (QED) is 0.505. The lowest BCUT2D eigenvalue weighted by Crippen LogP contribution is -2.28. The molecule has 3 aromatic rings. The van der Waals surface area contributed by atoms with E-state index in [-0.39, 0.29) is 17.9 Å². The van der Waals surface area contributed by atoms with Gasteiger partial charge in [-0.1, -0.05) is 36.4 Å². The molecule has 0 saturated carbocycles. The largest absolute Gasteiger partial charge is 0.368 e. The number of nitrogens with zero attached hydrogens (tertiary/aromatic N) is 3. The van der Waals surface area contributed by atoms with Crippen LogP contribution in [0.15, 0.2) is 48.5 Å². The highest BCUT2D eigenvalue weighted by atomic mass is 32.2. The molecule has 4 N–H and O–H groups in total. The highest BCUT2D eigenvalue weighted by molar-refractivity contribution is 7.99. The van der Waals surface area contributed by atoms with E-state index < -0.39 is 0 Å². The monoisotopic (exact) mass is 422 g/mol. The molecule has 1 heterocycles. The van der Waals surface area contributed by atoms with Gasteiger partial charge in [-0.25, -0.2) is 0 Å². The fourth-order valence-corrected chi connectivity index (χ4v) is 3.53. The Morgan fingerprint density at radius 1 is 1.07 bits per heavy atom. The van der Waals surface area contributed by atoms with Gasteiger partial charge in [0.05, 0.1) is 17.5 Å². The van der Waals surface area contributed by atoms with Crippen molar-refractivity contribution in [3.8, 4) is 0 Å². The van der Waals surface area contributed by atoms with Crippen molar-refractivity contribution in [1.29, 1.82) is 0 Å². The highest BCUT2D eigenvalue weighted by Gasteiger charge is 2.11. The van der Waals surface area contributed by atoms with Crippen molar-refractivity contribution in [1.82, 2.24) is 20.3 Å². The number of aromatic nitrogens is 3. The topological polar surface area (TPSA) is 106 Å². The molecule has 7 nitrogen and oxygen atoms in total. The number of benzene rings is 2. The van der Waals surface area contributed by atoms with E-state index in [9.17, 15) is 4.79 Å². The summed E-state index contributed by atoms with van der Waals surface area (Å²) >= 11 is 1.43. The van der Waals surface area contributed by atoms with Crippen LogP contribution in [-0.4, -0.2) is 26.6 Å². The van der Waals surface area contributed by atoms with Crippen LogP contribution in [0.3, 0.4) is 0 Å². The third-order valence-electron chi connectivity index (χ3n) is 4.60. The smallest absolute Gasteiger partial charge is 0.232 e. The second-order valence-corrected chi connectivity index (χ2v) is 8.04. The minimum Gasteiger partial charge on any atom is -0.368 e. The number of aryl methyl sites for hydroxylation is 2. The van der Waals surface area contributed by atoms with Crippen LogP contribution in [0.2, 0.25) is 0 Å². The van der Waals surface area contributed by atoms with Gasteiger partial charge >= 0.3 is 0 Å². The number of amides is 1. The van der Waals surface area contributed by atoms with E-state index in [1.165, 1.54) is 22.9 Å². The fourth-order valence-electron chi connectivity index (χ4n) is 2.84. The van der Waals surface area contributed by atoms with Crippen LogP contribution in [0.5, 0.6) is 0 Å². The first kappa shape index (κ1) is 21.6. The van der Waals surface area contributed by atoms with E-state index in [1.807, 2.05) is 37.3 Å². The number of nitrogens with one attached hydrogen (secondary N) is 2. The normalized spacial score (nSPS) is 11.7.